The molecule has 4 nitrogen and oxygen atoms in total. The highest BCUT2D eigenvalue weighted by atomic mass is 79.9. The second-order valence-electron chi connectivity index (χ2n) is 3.04. The van der Waals surface area contributed by atoms with E-state index in [2.05, 4.69) is 25.9 Å². The number of pyridine rings is 1. The van der Waals surface area contributed by atoms with Crippen LogP contribution in [-0.4, -0.2) is 10.9 Å². The van der Waals surface area contributed by atoms with Crippen LogP contribution in [0.15, 0.2) is 39.9 Å². The monoisotopic (exact) mass is 264 g/mol. The molecule has 0 unspecified atom stereocenters. The van der Waals surface area contributed by atoms with E-state index in [1.807, 2.05) is 24.3 Å². The molecule has 0 atom stereocenters. The maximum atomic E-state index is 5.32. The standard InChI is InChI=1S/C10H9BrN4/c11-7-1-2-8-6(5-7)3-4-14-9(8)15-10(12)13/h1-5H,(H4,12,13,14,15). The molecule has 0 spiro atoms. The molecule has 0 radical (unpaired) electrons. The average molecular weight is 265 g/mol. The van der Waals surface area contributed by atoms with Gasteiger partial charge in [-0.05, 0) is 29.7 Å². The molecule has 0 aliphatic heterocycles. The zero-order valence-corrected chi connectivity index (χ0v) is 9.40. The summed E-state index contributed by atoms with van der Waals surface area (Å²) in [6.45, 7) is 0. The van der Waals surface area contributed by atoms with E-state index in [0.717, 1.165) is 15.2 Å². The van der Waals surface area contributed by atoms with Gasteiger partial charge in [-0.1, -0.05) is 15.9 Å². The van der Waals surface area contributed by atoms with Gasteiger partial charge in [-0.2, -0.15) is 4.99 Å². The number of benzene rings is 1. The number of aliphatic imine (C=N–C) groups is 1. The maximum absolute atomic E-state index is 5.32. The summed E-state index contributed by atoms with van der Waals surface area (Å²) < 4.78 is 1.01. The average Bonchev–Trinajstić information content (AvgIpc) is 2.16. The predicted octanol–water partition coefficient (Wildman–Crippen LogP) is 1.90. The van der Waals surface area contributed by atoms with Crippen LogP contribution in [-0.2, 0) is 0 Å². The fourth-order valence-electron chi connectivity index (χ4n) is 1.34. The van der Waals surface area contributed by atoms with Crippen molar-refractivity contribution in [2.75, 3.05) is 0 Å². The van der Waals surface area contributed by atoms with E-state index in [-0.39, 0.29) is 5.96 Å². The van der Waals surface area contributed by atoms with Gasteiger partial charge in [-0.15, -0.1) is 0 Å². The Morgan fingerprint density at radius 3 is 2.80 bits per heavy atom. The molecule has 5 heteroatoms. The highest BCUT2D eigenvalue weighted by molar-refractivity contribution is 9.10. The Labute approximate surface area is 95.1 Å². The number of nitrogens with zero attached hydrogens (tertiary/aromatic N) is 2. The SMILES string of the molecule is NC(N)=Nc1nccc2cc(Br)ccc12. The first-order chi connectivity index (χ1) is 7.16. The van der Waals surface area contributed by atoms with Gasteiger partial charge >= 0.3 is 0 Å². The summed E-state index contributed by atoms with van der Waals surface area (Å²) in [5.41, 5.74) is 10.6. The molecule has 0 bridgehead atoms. The van der Waals surface area contributed by atoms with Crippen LogP contribution in [0.4, 0.5) is 5.82 Å². The third kappa shape index (κ3) is 2.07. The van der Waals surface area contributed by atoms with Gasteiger partial charge in [0.15, 0.2) is 11.8 Å². The van der Waals surface area contributed by atoms with Crippen molar-refractivity contribution in [1.82, 2.24) is 4.98 Å². The summed E-state index contributed by atoms with van der Waals surface area (Å²) >= 11 is 3.40. The molecule has 0 saturated heterocycles. The third-order valence-electron chi connectivity index (χ3n) is 1.94. The fraction of sp³-hybridized carbons (Fsp3) is 0. The number of aromatic nitrogens is 1. The van der Waals surface area contributed by atoms with Gasteiger partial charge in [0.1, 0.15) is 0 Å². The van der Waals surface area contributed by atoms with E-state index in [4.69, 9.17) is 11.5 Å². The first-order valence-corrected chi connectivity index (χ1v) is 5.10. The lowest BCUT2D eigenvalue weighted by Gasteiger charge is -2.01. The van der Waals surface area contributed by atoms with Crippen LogP contribution in [0, 0.1) is 0 Å². The molecular weight excluding hydrogens is 256 g/mol. The summed E-state index contributed by atoms with van der Waals surface area (Å²) in [6.07, 6.45) is 1.68. The molecule has 0 fully saturated rings. The van der Waals surface area contributed by atoms with Crippen molar-refractivity contribution in [2.45, 2.75) is 0 Å². The molecule has 15 heavy (non-hydrogen) atoms. The minimum absolute atomic E-state index is 0.0120. The number of nitrogens with two attached hydrogens (primary N) is 2. The van der Waals surface area contributed by atoms with Crippen molar-refractivity contribution in [3.63, 3.8) is 0 Å². The van der Waals surface area contributed by atoms with Crippen molar-refractivity contribution in [2.24, 2.45) is 16.5 Å². The molecule has 2 aromatic rings. The maximum Gasteiger partial charge on any atom is 0.192 e. The molecular formula is C10H9BrN4. The minimum atomic E-state index is 0.0120. The molecule has 4 N–H and O–H groups in total. The summed E-state index contributed by atoms with van der Waals surface area (Å²) in [6, 6.07) is 7.75. The molecule has 0 saturated carbocycles. The van der Waals surface area contributed by atoms with Crippen LogP contribution in [0.5, 0.6) is 0 Å². The molecule has 76 valence electrons. The Morgan fingerprint density at radius 1 is 1.27 bits per heavy atom. The second kappa shape index (κ2) is 3.86. The minimum Gasteiger partial charge on any atom is -0.370 e. The number of halogens is 1. The smallest absolute Gasteiger partial charge is 0.192 e. The van der Waals surface area contributed by atoms with Gasteiger partial charge in [0.25, 0.3) is 0 Å². The normalized spacial score (nSPS) is 10.2. The molecule has 1 aromatic carbocycles. The molecule has 1 heterocycles. The number of guanidine groups is 1. The van der Waals surface area contributed by atoms with Crippen molar-refractivity contribution in [3.8, 4) is 0 Å². The lowest BCUT2D eigenvalue weighted by atomic mass is 10.2. The van der Waals surface area contributed by atoms with Crippen LogP contribution >= 0.6 is 15.9 Å². The summed E-state index contributed by atoms with van der Waals surface area (Å²) in [7, 11) is 0. The van der Waals surface area contributed by atoms with Gasteiger partial charge in [-0.3, -0.25) is 0 Å². The fourth-order valence-corrected chi connectivity index (χ4v) is 1.72. The van der Waals surface area contributed by atoms with E-state index >= 15 is 0 Å². The first kappa shape index (κ1) is 9.92. The van der Waals surface area contributed by atoms with Gasteiger partial charge in [0.2, 0.25) is 0 Å². The first-order valence-electron chi connectivity index (χ1n) is 4.31. The zero-order valence-electron chi connectivity index (χ0n) is 7.81. The van der Waals surface area contributed by atoms with Gasteiger partial charge < -0.3 is 11.5 Å². The Balaban J connectivity index is 2.71. The largest absolute Gasteiger partial charge is 0.370 e. The summed E-state index contributed by atoms with van der Waals surface area (Å²) in [4.78, 5) is 8.08. The van der Waals surface area contributed by atoms with Crippen LogP contribution < -0.4 is 11.5 Å². The van der Waals surface area contributed by atoms with E-state index in [1.54, 1.807) is 6.20 Å². The Kier molecular flexibility index (Phi) is 2.55. The Morgan fingerprint density at radius 2 is 2.07 bits per heavy atom. The van der Waals surface area contributed by atoms with E-state index < -0.39 is 0 Å². The Bertz CT molecular complexity index is 532. The van der Waals surface area contributed by atoms with Gasteiger partial charge in [0, 0.05) is 16.1 Å². The van der Waals surface area contributed by atoms with Crippen LogP contribution in [0.2, 0.25) is 0 Å². The zero-order chi connectivity index (χ0) is 10.8. The van der Waals surface area contributed by atoms with Gasteiger partial charge in [-0.25, -0.2) is 4.98 Å². The number of hydrogen-bond acceptors (Lipinski definition) is 2. The summed E-state index contributed by atoms with van der Waals surface area (Å²) in [5.74, 6) is 0.554. The van der Waals surface area contributed by atoms with Crippen molar-refractivity contribution in [1.29, 1.82) is 0 Å². The van der Waals surface area contributed by atoms with Crippen molar-refractivity contribution in [3.05, 3.63) is 34.9 Å². The topological polar surface area (TPSA) is 77.3 Å². The summed E-state index contributed by atoms with van der Waals surface area (Å²) in [5, 5.41) is 1.97. The highest BCUT2D eigenvalue weighted by Gasteiger charge is 2.01. The Hall–Kier alpha value is -1.62. The van der Waals surface area contributed by atoms with E-state index in [9.17, 15) is 0 Å². The molecule has 1 aromatic heterocycles. The predicted molar refractivity (Wildman–Crippen MR) is 64.9 cm³/mol. The van der Waals surface area contributed by atoms with Gasteiger partial charge in [0.05, 0.1) is 0 Å². The highest BCUT2D eigenvalue weighted by Crippen LogP contribution is 2.25. The molecule has 0 aliphatic carbocycles. The molecule has 0 aliphatic rings. The van der Waals surface area contributed by atoms with Crippen LogP contribution in [0.25, 0.3) is 10.8 Å². The molecule has 2 rings (SSSR count). The van der Waals surface area contributed by atoms with Crippen LogP contribution in [0.1, 0.15) is 0 Å². The number of fused-ring (bicyclic) bond motifs is 1. The number of hydrogen-bond donors (Lipinski definition) is 2. The molecule has 0 amide bonds. The third-order valence-corrected chi connectivity index (χ3v) is 2.43. The lowest BCUT2D eigenvalue weighted by Crippen LogP contribution is -2.22. The van der Waals surface area contributed by atoms with E-state index in [0.29, 0.717) is 5.82 Å². The lowest BCUT2D eigenvalue weighted by molar-refractivity contribution is 1.28. The van der Waals surface area contributed by atoms with Crippen LogP contribution in [0.3, 0.4) is 0 Å². The van der Waals surface area contributed by atoms with Crippen molar-refractivity contribution >= 4 is 38.5 Å². The second-order valence-corrected chi connectivity index (χ2v) is 3.95. The van der Waals surface area contributed by atoms with Crippen molar-refractivity contribution < 1.29 is 0 Å². The number of rotatable bonds is 1. The van der Waals surface area contributed by atoms with E-state index in [1.165, 1.54) is 0 Å². The quantitative estimate of drug-likeness (QED) is 0.610.